The van der Waals surface area contributed by atoms with E-state index in [1.807, 2.05) is 23.6 Å². The Kier molecular flexibility index (Phi) is 3.54. The minimum atomic E-state index is -0.900. The SMILES string of the molecule is Cc1ccc2nc(SCC(=O)O)n(C3CNC(=O)C3)c2n1. The first-order chi connectivity index (χ1) is 10.0. The number of amides is 1. The van der Waals surface area contributed by atoms with E-state index in [1.54, 1.807) is 0 Å². The van der Waals surface area contributed by atoms with E-state index in [1.165, 1.54) is 0 Å². The summed E-state index contributed by atoms with van der Waals surface area (Å²) in [4.78, 5) is 31.2. The fraction of sp³-hybridized carbons (Fsp3) is 0.385. The lowest BCUT2D eigenvalue weighted by Gasteiger charge is -2.13. The van der Waals surface area contributed by atoms with Crippen molar-refractivity contribution < 1.29 is 14.7 Å². The lowest BCUT2D eigenvalue weighted by molar-refractivity contribution is -0.134. The largest absolute Gasteiger partial charge is 0.481 e. The molecule has 1 fully saturated rings. The first kappa shape index (κ1) is 13.9. The number of hydrogen-bond acceptors (Lipinski definition) is 5. The lowest BCUT2D eigenvalue weighted by Crippen LogP contribution is -2.16. The molecule has 3 rings (SSSR count). The summed E-state index contributed by atoms with van der Waals surface area (Å²) in [6.45, 7) is 2.40. The van der Waals surface area contributed by atoms with Gasteiger partial charge < -0.3 is 10.4 Å². The average molecular weight is 306 g/mol. The van der Waals surface area contributed by atoms with Crippen LogP contribution in [0.1, 0.15) is 18.2 Å². The zero-order chi connectivity index (χ0) is 15.0. The third-order valence-electron chi connectivity index (χ3n) is 3.29. The predicted octanol–water partition coefficient (Wildman–Crippen LogP) is 0.977. The fourth-order valence-electron chi connectivity index (χ4n) is 2.38. The van der Waals surface area contributed by atoms with Gasteiger partial charge in [0, 0.05) is 18.7 Å². The van der Waals surface area contributed by atoms with Crippen LogP contribution in [0.15, 0.2) is 17.3 Å². The van der Waals surface area contributed by atoms with Crippen LogP contribution in [-0.2, 0) is 9.59 Å². The Bertz CT molecular complexity index is 728. The van der Waals surface area contributed by atoms with Crippen LogP contribution in [0.2, 0.25) is 0 Å². The Morgan fingerprint density at radius 3 is 3.00 bits per heavy atom. The second kappa shape index (κ2) is 5.36. The molecular formula is C13H14N4O3S. The molecule has 3 heterocycles. The van der Waals surface area contributed by atoms with Gasteiger partial charge in [0.25, 0.3) is 0 Å². The summed E-state index contributed by atoms with van der Waals surface area (Å²) in [6.07, 6.45) is 0.363. The van der Waals surface area contributed by atoms with Gasteiger partial charge in [0.2, 0.25) is 5.91 Å². The molecule has 2 N–H and O–H groups in total. The molecule has 0 bridgehead atoms. The van der Waals surface area contributed by atoms with Crippen LogP contribution in [0.5, 0.6) is 0 Å². The molecule has 7 nitrogen and oxygen atoms in total. The van der Waals surface area contributed by atoms with E-state index < -0.39 is 5.97 Å². The van der Waals surface area contributed by atoms with Crippen LogP contribution < -0.4 is 5.32 Å². The molecule has 0 radical (unpaired) electrons. The standard InChI is InChI=1S/C13H14N4O3S/c1-7-2-3-9-12(15-7)17(8-4-10(18)14-5-8)13(16-9)21-6-11(19)20/h2-3,8H,4-6H2,1H3,(H,14,18)(H,19,20). The van der Waals surface area contributed by atoms with Crippen molar-refractivity contribution in [2.45, 2.75) is 24.5 Å². The van der Waals surface area contributed by atoms with Crippen LogP contribution in [0, 0.1) is 6.92 Å². The Labute approximate surface area is 124 Å². The molecule has 1 aliphatic rings. The lowest BCUT2D eigenvalue weighted by atomic mass is 10.2. The van der Waals surface area contributed by atoms with Crippen molar-refractivity contribution >= 4 is 34.8 Å². The molecule has 1 atom stereocenters. The van der Waals surface area contributed by atoms with Crippen molar-refractivity contribution in [2.24, 2.45) is 0 Å². The van der Waals surface area contributed by atoms with Gasteiger partial charge in [-0.25, -0.2) is 9.97 Å². The van der Waals surface area contributed by atoms with E-state index in [0.717, 1.165) is 17.5 Å². The van der Waals surface area contributed by atoms with E-state index in [9.17, 15) is 9.59 Å². The number of imidazole rings is 1. The summed E-state index contributed by atoms with van der Waals surface area (Å²) < 4.78 is 1.88. The molecule has 2 aromatic heterocycles. The van der Waals surface area contributed by atoms with Crippen molar-refractivity contribution in [3.63, 3.8) is 0 Å². The number of nitrogens with zero attached hydrogens (tertiary/aromatic N) is 3. The molecule has 8 heteroatoms. The van der Waals surface area contributed by atoms with Crippen molar-refractivity contribution in [2.75, 3.05) is 12.3 Å². The molecule has 110 valence electrons. The van der Waals surface area contributed by atoms with E-state index in [2.05, 4.69) is 15.3 Å². The molecule has 1 aliphatic heterocycles. The molecule has 0 aliphatic carbocycles. The van der Waals surface area contributed by atoms with Gasteiger partial charge in [0.1, 0.15) is 5.52 Å². The predicted molar refractivity (Wildman–Crippen MR) is 77.3 cm³/mol. The molecule has 1 unspecified atom stereocenters. The number of pyridine rings is 1. The number of carbonyl (C=O) groups is 2. The van der Waals surface area contributed by atoms with Gasteiger partial charge in [-0.15, -0.1) is 0 Å². The Hall–Kier alpha value is -2.09. The smallest absolute Gasteiger partial charge is 0.313 e. The van der Waals surface area contributed by atoms with Crippen LogP contribution in [-0.4, -0.2) is 43.8 Å². The normalized spacial score (nSPS) is 18.1. The molecular weight excluding hydrogens is 292 g/mol. The summed E-state index contributed by atoms with van der Waals surface area (Å²) >= 11 is 1.15. The number of aliphatic carboxylic acids is 1. The van der Waals surface area contributed by atoms with E-state index >= 15 is 0 Å². The molecule has 21 heavy (non-hydrogen) atoms. The summed E-state index contributed by atoms with van der Waals surface area (Å²) in [7, 11) is 0. The van der Waals surface area contributed by atoms with Crippen molar-refractivity contribution in [1.29, 1.82) is 0 Å². The highest BCUT2D eigenvalue weighted by atomic mass is 32.2. The van der Waals surface area contributed by atoms with E-state index in [-0.39, 0.29) is 17.7 Å². The third-order valence-corrected chi connectivity index (χ3v) is 4.23. The third kappa shape index (κ3) is 2.71. The maximum absolute atomic E-state index is 11.5. The fourth-order valence-corrected chi connectivity index (χ4v) is 3.17. The first-order valence-electron chi connectivity index (χ1n) is 6.51. The topological polar surface area (TPSA) is 97.1 Å². The molecule has 1 amide bonds. The van der Waals surface area contributed by atoms with Gasteiger partial charge >= 0.3 is 5.97 Å². The summed E-state index contributed by atoms with van der Waals surface area (Å²) in [5, 5.41) is 12.2. The summed E-state index contributed by atoms with van der Waals surface area (Å²) in [5.74, 6) is -0.983. The zero-order valence-corrected chi connectivity index (χ0v) is 12.2. The van der Waals surface area contributed by atoms with Gasteiger partial charge in [0.15, 0.2) is 10.8 Å². The first-order valence-corrected chi connectivity index (χ1v) is 7.50. The number of aryl methyl sites for hydroxylation is 1. The maximum atomic E-state index is 11.5. The number of aromatic nitrogens is 3. The minimum absolute atomic E-state index is 0.0105. The van der Waals surface area contributed by atoms with Crippen LogP contribution >= 0.6 is 11.8 Å². The van der Waals surface area contributed by atoms with Crippen LogP contribution in [0.4, 0.5) is 0 Å². The average Bonchev–Trinajstić information content (AvgIpc) is 2.99. The van der Waals surface area contributed by atoms with Crippen LogP contribution in [0.3, 0.4) is 0 Å². The highest BCUT2D eigenvalue weighted by Gasteiger charge is 2.28. The van der Waals surface area contributed by atoms with Gasteiger partial charge in [0.05, 0.1) is 11.8 Å². The van der Waals surface area contributed by atoms with Crippen molar-refractivity contribution in [1.82, 2.24) is 19.9 Å². The van der Waals surface area contributed by atoms with Crippen molar-refractivity contribution in [3.05, 3.63) is 17.8 Å². The number of rotatable bonds is 4. The minimum Gasteiger partial charge on any atom is -0.481 e. The Balaban J connectivity index is 2.07. The number of nitrogens with one attached hydrogen (secondary N) is 1. The van der Waals surface area contributed by atoms with Gasteiger partial charge in [-0.05, 0) is 19.1 Å². The second-order valence-corrected chi connectivity index (χ2v) is 5.85. The van der Waals surface area contributed by atoms with E-state index in [4.69, 9.17) is 5.11 Å². The zero-order valence-electron chi connectivity index (χ0n) is 11.4. The summed E-state index contributed by atoms with van der Waals surface area (Å²) in [5.41, 5.74) is 2.27. The number of fused-ring (bicyclic) bond motifs is 1. The highest BCUT2D eigenvalue weighted by molar-refractivity contribution is 7.99. The molecule has 0 saturated carbocycles. The molecule has 0 spiro atoms. The van der Waals surface area contributed by atoms with Gasteiger partial charge in [-0.2, -0.15) is 0 Å². The quantitative estimate of drug-likeness (QED) is 0.817. The molecule has 2 aromatic rings. The number of carbonyl (C=O) groups excluding carboxylic acids is 1. The number of carboxylic acid groups (broad SMARTS) is 1. The second-order valence-electron chi connectivity index (χ2n) is 4.90. The Morgan fingerprint density at radius 2 is 2.33 bits per heavy atom. The number of carboxylic acids is 1. The molecule has 0 aromatic carbocycles. The highest BCUT2D eigenvalue weighted by Crippen LogP contribution is 2.29. The number of hydrogen-bond donors (Lipinski definition) is 2. The van der Waals surface area contributed by atoms with Crippen molar-refractivity contribution in [3.8, 4) is 0 Å². The van der Waals surface area contributed by atoms with Crippen LogP contribution in [0.25, 0.3) is 11.2 Å². The molecule has 1 saturated heterocycles. The number of thioether (sulfide) groups is 1. The monoisotopic (exact) mass is 306 g/mol. The van der Waals surface area contributed by atoms with Gasteiger partial charge in [-0.1, -0.05) is 11.8 Å². The van der Waals surface area contributed by atoms with Gasteiger partial charge in [-0.3, -0.25) is 14.2 Å². The summed E-state index contributed by atoms with van der Waals surface area (Å²) in [6, 6.07) is 3.65. The Morgan fingerprint density at radius 1 is 1.52 bits per heavy atom. The van der Waals surface area contributed by atoms with E-state index in [0.29, 0.717) is 29.3 Å². The maximum Gasteiger partial charge on any atom is 0.313 e.